The zero-order chi connectivity index (χ0) is 25.2. The van der Waals surface area contributed by atoms with Gasteiger partial charge in [-0.05, 0) is 86.3 Å². The van der Waals surface area contributed by atoms with Crippen LogP contribution in [0.5, 0.6) is 0 Å². The molecule has 0 spiro atoms. The third kappa shape index (κ3) is 4.69. The zero-order valence-corrected chi connectivity index (χ0v) is 20.8. The van der Waals surface area contributed by atoms with E-state index < -0.39 is 0 Å². The van der Waals surface area contributed by atoms with Crippen LogP contribution in [0, 0.1) is 12.7 Å². The van der Waals surface area contributed by atoms with Crippen LogP contribution in [0.4, 0.5) is 4.39 Å². The minimum Gasteiger partial charge on any atom is -0.207 e. The quantitative estimate of drug-likeness (QED) is 0.231. The summed E-state index contributed by atoms with van der Waals surface area (Å²) in [5.74, 6) is -0.213. The molecule has 0 saturated heterocycles. The molecule has 0 bridgehead atoms. The molecular weight excluding hydrogens is 451 g/mol. The van der Waals surface area contributed by atoms with Gasteiger partial charge in [-0.3, -0.25) is 0 Å². The third-order valence-electron chi connectivity index (χ3n) is 7.17. The van der Waals surface area contributed by atoms with Crippen LogP contribution >= 0.6 is 0 Å². The molecule has 6 rings (SSSR count). The average Bonchev–Trinajstić information content (AvgIpc) is 2.95. The van der Waals surface area contributed by atoms with Crippen molar-refractivity contribution in [1.29, 1.82) is 0 Å². The molecular formula is C36H27F. The van der Waals surface area contributed by atoms with Crippen LogP contribution in [0.1, 0.15) is 16.7 Å². The van der Waals surface area contributed by atoms with Crippen LogP contribution in [0.15, 0.2) is 133 Å². The van der Waals surface area contributed by atoms with Crippen molar-refractivity contribution >= 4 is 10.8 Å². The van der Waals surface area contributed by atoms with E-state index in [2.05, 4.69) is 116 Å². The summed E-state index contributed by atoms with van der Waals surface area (Å²) in [6, 6.07) is 45.8. The van der Waals surface area contributed by atoms with Gasteiger partial charge in [0.2, 0.25) is 0 Å². The lowest BCUT2D eigenvalue weighted by Gasteiger charge is -2.15. The number of benzene rings is 6. The maximum absolute atomic E-state index is 13.2. The summed E-state index contributed by atoms with van der Waals surface area (Å²) in [6.45, 7) is 2.20. The number of hydrogen-bond acceptors (Lipinski definition) is 0. The zero-order valence-electron chi connectivity index (χ0n) is 20.8. The number of fused-ring (bicyclic) bond motifs is 1. The van der Waals surface area contributed by atoms with E-state index in [9.17, 15) is 4.39 Å². The van der Waals surface area contributed by atoms with Crippen molar-refractivity contribution < 1.29 is 4.39 Å². The molecule has 0 atom stereocenters. The molecule has 0 amide bonds. The molecule has 0 aromatic heterocycles. The highest BCUT2D eigenvalue weighted by molar-refractivity contribution is 5.99. The fourth-order valence-corrected chi connectivity index (χ4v) is 5.19. The van der Waals surface area contributed by atoms with Crippen LogP contribution < -0.4 is 0 Å². The molecule has 0 N–H and O–H groups in total. The minimum atomic E-state index is -0.213. The van der Waals surface area contributed by atoms with E-state index >= 15 is 0 Å². The van der Waals surface area contributed by atoms with E-state index in [0.717, 1.165) is 17.5 Å². The number of rotatable bonds is 5. The second-order valence-corrected chi connectivity index (χ2v) is 9.59. The Morgan fingerprint density at radius 2 is 1.05 bits per heavy atom. The van der Waals surface area contributed by atoms with Crippen molar-refractivity contribution in [3.63, 3.8) is 0 Å². The molecule has 0 fully saturated rings. The molecule has 178 valence electrons. The van der Waals surface area contributed by atoms with Gasteiger partial charge in [-0.25, -0.2) is 4.39 Å². The molecule has 0 unspecified atom stereocenters. The Labute approximate surface area is 217 Å². The summed E-state index contributed by atoms with van der Waals surface area (Å²) < 4.78 is 13.2. The normalized spacial score (nSPS) is 11.1. The lowest BCUT2D eigenvalue weighted by molar-refractivity contribution is 0.628. The van der Waals surface area contributed by atoms with Crippen molar-refractivity contribution in [3.8, 4) is 33.4 Å². The first-order valence-electron chi connectivity index (χ1n) is 12.7. The van der Waals surface area contributed by atoms with Crippen LogP contribution in [0.25, 0.3) is 44.2 Å². The standard InChI is InChI=1S/C36H27F/c1-25-10-13-31-6-2-4-8-34(31)36(25)35-9-5-3-7-32(35)24-26-11-14-27(15-12-26)28-16-18-29(19-17-28)30-20-22-33(37)23-21-30/h2-23H,24H2,1H3. The summed E-state index contributed by atoms with van der Waals surface area (Å²) >= 11 is 0. The minimum absolute atomic E-state index is 0.213. The van der Waals surface area contributed by atoms with Gasteiger partial charge in [0.25, 0.3) is 0 Å². The molecule has 1 heteroatoms. The van der Waals surface area contributed by atoms with Crippen molar-refractivity contribution in [1.82, 2.24) is 0 Å². The molecule has 37 heavy (non-hydrogen) atoms. The first-order valence-corrected chi connectivity index (χ1v) is 12.7. The van der Waals surface area contributed by atoms with Gasteiger partial charge in [-0.1, -0.05) is 121 Å². The Hall–Kier alpha value is -4.49. The summed E-state index contributed by atoms with van der Waals surface area (Å²) in [5, 5.41) is 2.57. The molecule has 0 saturated carbocycles. The van der Waals surface area contributed by atoms with Gasteiger partial charge in [0.05, 0.1) is 0 Å². The highest BCUT2D eigenvalue weighted by atomic mass is 19.1. The lowest BCUT2D eigenvalue weighted by Crippen LogP contribution is -1.95. The van der Waals surface area contributed by atoms with Gasteiger partial charge in [0.1, 0.15) is 5.82 Å². The Morgan fingerprint density at radius 3 is 1.73 bits per heavy atom. The van der Waals surface area contributed by atoms with Gasteiger partial charge in [-0.15, -0.1) is 0 Å². The predicted octanol–water partition coefficient (Wildman–Crippen LogP) is 9.88. The van der Waals surface area contributed by atoms with Crippen LogP contribution in [0.2, 0.25) is 0 Å². The van der Waals surface area contributed by atoms with Gasteiger partial charge in [0.15, 0.2) is 0 Å². The van der Waals surface area contributed by atoms with E-state index in [4.69, 9.17) is 0 Å². The Kier molecular flexibility index (Phi) is 6.12. The predicted molar refractivity (Wildman–Crippen MR) is 154 cm³/mol. The average molecular weight is 479 g/mol. The lowest BCUT2D eigenvalue weighted by atomic mass is 9.89. The van der Waals surface area contributed by atoms with Crippen LogP contribution in [-0.2, 0) is 6.42 Å². The Morgan fingerprint density at radius 1 is 0.514 bits per heavy atom. The first-order chi connectivity index (χ1) is 18.2. The molecule has 0 aliphatic rings. The number of halogens is 1. The molecule has 0 aliphatic carbocycles. The molecule has 6 aromatic rings. The first kappa shape index (κ1) is 22.9. The summed E-state index contributed by atoms with van der Waals surface area (Å²) in [6.07, 6.45) is 0.878. The SMILES string of the molecule is Cc1ccc2ccccc2c1-c1ccccc1Cc1ccc(-c2ccc(-c3ccc(F)cc3)cc2)cc1. The molecule has 6 aromatic carbocycles. The molecule has 0 radical (unpaired) electrons. The third-order valence-corrected chi connectivity index (χ3v) is 7.17. The fourth-order valence-electron chi connectivity index (χ4n) is 5.19. The van der Waals surface area contributed by atoms with E-state index in [-0.39, 0.29) is 5.82 Å². The Balaban J connectivity index is 1.27. The summed E-state index contributed by atoms with van der Waals surface area (Å²) in [5.41, 5.74) is 11.0. The highest BCUT2D eigenvalue weighted by Crippen LogP contribution is 2.35. The van der Waals surface area contributed by atoms with E-state index in [1.165, 1.54) is 61.8 Å². The maximum atomic E-state index is 13.2. The van der Waals surface area contributed by atoms with E-state index in [0.29, 0.717) is 0 Å². The molecule has 0 aliphatic heterocycles. The molecule has 0 heterocycles. The Bertz CT molecular complexity index is 1680. The van der Waals surface area contributed by atoms with E-state index in [1.54, 1.807) is 0 Å². The van der Waals surface area contributed by atoms with E-state index in [1.807, 2.05) is 12.1 Å². The topological polar surface area (TPSA) is 0 Å². The second-order valence-electron chi connectivity index (χ2n) is 9.59. The summed E-state index contributed by atoms with van der Waals surface area (Å²) in [7, 11) is 0. The summed E-state index contributed by atoms with van der Waals surface area (Å²) in [4.78, 5) is 0. The maximum Gasteiger partial charge on any atom is 0.123 e. The van der Waals surface area contributed by atoms with Gasteiger partial charge in [0, 0.05) is 0 Å². The number of aryl methyl sites for hydroxylation is 1. The van der Waals surface area contributed by atoms with Gasteiger partial charge >= 0.3 is 0 Å². The van der Waals surface area contributed by atoms with Crippen LogP contribution in [0.3, 0.4) is 0 Å². The molecule has 0 nitrogen and oxygen atoms in total. The highest BCUT2D eigenvalue weighted by Gasteiger charge is 2.12. The second kappa shape index (κ2) is 9.87. The van der Waals surface area contributed by atoms with Crippen molar-refractivity contribution in [2.24, 2.45) is 0 Å². The van der Waals surface area contributed by atoms with Gasteiger partial charge < -0.3 is 0 Å². The van der Waals surface area contributed by atoms with Crippen molar-refractivity contribution in [2.45, 2.75) is 13.3 Å². The van der Waals surface area contributed by atoms with Crippen molar-refractivity contribution in [2.75, 3.05) is 0 Å². The van der Waals surface area contributed by atoms with Gasteiger partial charge in [-0.2, -0.15) is 0 Å². The van der Waals surface area contributed by atoms with Crippen molar-refractivity contribution in [3.05, 3.63) is 156 Å². The van der Waals surface area contributed by atoms with Crippen LogP contribution in [-0.4, -0.2) is 0 Å². The fraction of sp³-hybridized carbons (Fsp3) is 0.0556. The smallest absolute Gasteiger partial charge is 0.123 e. The largest absolute Gasteiger partial charge is 0.207 e. The monoisotopic (exact) mass is 478 g/mol. The number of hydrogen-bond donors (Lipinski definition) is 0.